The van der Waals surface area contributed by atoms with Gasteiger partial charge in [0.25, 0.3) is 11.5 Å². The zero-order chi connectivity index (χ0) is 19.0. The van der Waals surface area contributed by atoms with Crippen LogP contribution in [-0.4, -0.2) is 40.6 Å². The molecule has 0 unspecified atom stereocenters. The number of hydrogen-bond acceptors (Lipinski definition) is 4. The zero-order valence-electron chi connectivity index (χ0n) is 16.1. The fraction of sp³-hybridized carbons (Fsp3) is 0.526. The van der Waals surface area contributed by atoms with E-state index < -0.39 is 0 Å². The highest BCUT2D eigenvalue weighted by atomic mass is 16.1. The fourth-order valence-electron chi connectivity index (χ4n) is 3.64. The summed E-state index contributed by atoms with van der Waals surface area (Å²) in [6.07, 6.45) is 1.61. The maximum atomic E-state index is 12.6. The number of nitrogens with one attached hydrogen (secondary N) is 2. The van der Waals surface area contributed by atoms with E-state index in [1.807, 2.05) is 34.0 Å². The van der Waals surface area contributed by atoms with Crippen molar-refractivity contribution in [2.75, 3.05) is 19.0 Å². The molecule has 0 aliphatic heterocycles. The van der Waals surface area contributed by atoms with Gasteiger partial charge in [0, 0.05) is 50.1 Å². The molecule has 1 aliphatic carbocycles. The molecule has 2 N–H and O–H groups in total. The molecule has 26 heavy (non-hydrogen) atoms. The summed E-state index contributed by atoms with van der Waals surface area (Å²) in [4.78, 5) is 33.4. The SMILES string of the molecule is CCn1c(C)cc(C(=O)NC2CC(c3cc(=O)[nH]c(N(C)C)n3)C2)c1C. The summed E-state index contributed by atoms with van der Waals surface area (Å²) >= 11 is 0. The number of aromatic amines is 1. The molecule has 0 atom stereocenters. The summed E-state index contributed by atoms with van der Waals surface area (Å²) in [5.74, 6) is 0.755. The molecule has 2 heterocycles. The first-order chi connectivity index (χ1) is 12.3. The van der Waals surface area contributed by atoms with Crippen LogP contribution in [0.25, 0.3) is 0 Å². The van der Waals surface area contributed by atoms with Gasteiger partial charge in [0.2, 0.25) is 5.95 Å². The molecule has 3 rings (SSSR count). The van der Waals surface area contributed by atoms with Gasteiger partial charge in [-0.15, -0.1) is 0 Å². The van der Waals surface area contributed by atoms with E-state index in [2.05, 4.69) is 26.8 Å². The lowest BCUT2D eigenvalue weighted by Gasteiger charge is -2.35. The van der Waals surface area contributed by atoms with Gasteiger partial charge in [-0.25, -0.2) is 4.98 Å². The number of rotatable bonds is 5. The Morgan fingerprint density at radius 3 is 2.62 bits per heavy atom. The van der Waals surface area contributed by atoms with Crippen LogP contribution in [0.2, 0.25) is 0 Å². The second-order valence-electron chi connectivity index (χ2n) is 7.26. The van der Waals surface area contributed by atoms with Crippen molar-refractivity contribution in [2.24, 2.45) is 0 Å². The van der Waals surface area contributed by atoms with Crippen molar-refractivity contribution in [1.82, 2.24) is 19.9 Å². The predicted molar refractivity (Wildman–Crippen MR) is 102 cm³/mol. The van der Waals surface area contributed by atoms with Gasteiger partial charge in [-0.3, -0.25) is 14.6 Å². The number of carbonyl (C=O) groups is 1. The molecule has 0 spiro atoms. The Morgan fingerprint density at radius 1 is 1.35 bits per heavy atom. The molecule has 1 fully saturated rings. The predicted octanol–water partition coefficient (Wildman–Crippen LogP) is 1.95. The molecule has 140 valence electrons. The number of hydrogen-bond donors (Lipinski definition) is 2. The van der Waals surface area contributed by atoms with Crippen LogP contribution < -0.4 is 15.8 Å². The topological polar surface area (TPSA) is 83.0 Å². The first kappa shape index (κ1) is 18.2. The number of H-pyrrole nitrogens is 1. The van der Waals surface area contributed by atoms with Gasteiger partial charge in [-0.2, -0.15) is 0 Å². The summed E-state index contributed by atoms with van der Waals surface area (Å²) in [6.45, 7) is 6.94. The molecule has 2 aromatic rings. The maximum absolute atomic E-state index is 12.6. The smallest absolute Gasteiger partial charge is 0.253 e. The van der Waals surface area contributed by atoms with Crippen LogP contribution in [-0.2, 0) is 6.54 Å². The molecule has 0 aromatic carbocycles. The van der Waals surface area contributed by atoms with E-state index in [1.165, 1.54) is 0 Å². The molecule has 1 amide bonds. The Bertz CT molecular complexity index is 875. The van der Waals surface area contributed by atoms with E-state index in [-0.39, 0.29) is 23.4 Å². The quantitative estimate of drug-likeness (QED) is 0.857. The highest BCUT2D eigenvalue weighted by molar-refractivity contribution is 5.96. The van der Waals surface area contributed by atoms with Crippen LogP contribution in [0, 0.1) is 13.8 Å². The van der Waals surface area contributed by atoms with Crippen LogP contribution in [0.3, 0.4) is 0 Å². The van der Waals surface area contributed by atoms with Gasteiger partial charge in [-0.05, 0) is 39.7 Å². The normalized spacial score (nSPS) is 19.1. The molecule has 1 saturated carbocycles. The van der Waals surface area contributed by atoms with Gasteiger partial charge in [-0.1, -0.05) is 0 Å². The molecule has 0 saturated heterocycles. The Kier molecular flexibility index (Phi) is 4.89. The number of aryl methyl sites for hydroxylation is 1. The van der Waals surface area contributed by atoms with Crippen molar-refractivity contribution in [3.8, 4) is 0 Å². The third-order valence-corrected chi connectivity index (χ3v) is 5.20. The minimum absolute atomic E-state index is 0.0194. The van der Waals surface area contributed by atoms with E-state index in [0.29, 0.717) is 5.95 Å². The van der Waals surface area contributed by atoms with Gasteiger partial charge in [0.15, 0.2) is 0 Å². The molecule has 0 bridgehead atoms. The zero-order valence-corrected chi connectivity index (χ0v) is 16.1. The van der Waals surface area contributed by atoms with Crippen LogP contribution in [0.4, 0.5) is 5.95 Å². The maximum Gasteiger partial charge on any atom is 0.253 e. The molecule has 7 nitrogen and oxygen atoms in total. The standard InChI is InChI=1S/C19H27N5O2/c1-6-24-11(2)7-15(12(24)3)18(26)20-14-8-13(9-14)16-10-17(25)22-19(21-16)23(4)5/h7,10,13-14H,6,8-9H2,1-5H3,(H,20,26)(H,21,22,25). The van der Waals surface area contributed by atoms with E-state index in [1.54, 1.807) is 11.0 Å². The van der Waals surface area contributed by atoms with E-state index in [0.717, 1.165) is 42.0 Å². The summed E-state index contributed by atoms with van der Waals surface area (Å²) in [5, 5.41) is 3.11. The lowest BCUT2D eigenvalue weighted by Crippen LogP contribution is -2.44. The number of carbonyl (C=O) groups excluding carboxylic acids is 1. The third kappa shape index (κ3) is 3.38. The van der Waals surface area contributed by atoms with E-state index in [4.69, 9.17) is 0 Å². The van der Waals surface area contributed by atoms with Crippen molar-refractivity contribution >= 4 is 11.9 Å². The highest BCUT2D eigenvalue weighted by Crippen LogP contribution is 2.36. The monoisotopic (exact) mass is 357 g/mol. The molecule has 0 radical (unpaired) electrons. The Labute approximate surface area is 153 Å². The minimum atomic E-state index is -0.141. The summed E-state index contributed by atoms with van der Waals surface area (Å²) in [7, 11) is 3.69. The van der Waals surface area contributed by atoms with Gasteiger partial charge in [0.05, 0.1) is 11.3 Å². The number of aromatic nitrogens is 3. The lowest BCUT2D eigenvalue weighted by molar-refractivity contribution is 0.0907. The van der Waals surface area contributed by atoms with Crippen molar-refractivity contribution in [3.63, 3.8) is 0 Å². The fourth-order valence-corrected chi connectivity index (χ4v) is 3.64. The van der Waals surface area contributed by atoms with Crippen molar-refractivity contribution in [3.05, 3.63) is 45.1 Å². The minimum Gasteiger partial charge on any atom is -0.349 e. The molecule has 2 aromatic heterocycles. The van der Waals surface area contributed by atoms with E-state index in [9.17, 15) is 9.59 Å². The molecular formula is C19H27N5O2. The van der Waals surface area contributed by atoms with Crippen molar-refractivity contribution in [1.29, 1.82) is 0 Å². The average Bonchev–Trinajstić information content (AvgIpc) is 2.83. The highest BCUT2D eigenvalue weighted by Gasteiger charge is 2.33. The second-order valence-corrected chi connectivity index (χ2v) is 7.26. The van der Waals surface area contributed by atoms with Gasteiger partial charge >= 0.3 is 0 Å². The third-order valence-electron chi connectivity index (χ3n) is 5.20. The Hall–Kier alpha value is -2.57. The number of nitrogens with zero attached hydrogens (tertiary/aromatic N) is 3. The van der Waals surface area contributed by atoms with Crippen molar-refractivity contribution < 1.29 is 4.79 Å². The largest absolute Gasteiger partial charge is 0.349 e. The Morgan fingerprint density at radius 2 is 2.04 bits per heavy atom. The summed E-state index contributed by atoms with van der Waals surface area (Å²) in [5.41, 5.74) is 3.51. The number of anilines is 1. The van der Waals surface area contributed by atoms with Gasteiger partial charge in [0.1, 0.15) is 0 Å². The van der Waals surface area contributed by atoms with Crippen molar-refractivity contribution in [2.45, 2.75) is 52.1 Å². The summed E-state index contributed by atoms with van der Waals surface area (Å²) < 4.78 is 2.14. The molecular weight excluding hydrogens is 330 g/mol. The van der Waals surface area contributed by atoms with E-state index >= 15 is 0 Å². The first-order valence-electron chi connectivity index (χ1n) is 9.06. The van der Waals surface area contributed by atoms with Crippen LogP contribution in [0.15, 0.2) is 16.9 Å². The summed E-state index contributed by atoms with van der Waals surface area (Å²) in [6, 6.07) is 3.64. The first-order valence-corrected chi connectivity index (χ1v) is 9.06. The Balaban J connectivity index is 1.64. The number of amides is 1. The van der Waals surface area contributed by atoms with Crippen LogP contribution >= 0.6 is 0 Å². The van der Waals surface area contributed by atoms with Crippen LogP contribution in [0.1, 0.15) is 53.1 Å². The van der Waals surface area contributed by atoms with Crippen LogP contribution in [0.5, 0.6) is 0 Å². The molecule has 7 heteroatoms. The average molecular weight is 357 g/mol. The lowest BCUT2D eigenvalue weighted by atomic mass is 9.78. The second kappa shape index (κ2) is 6.97. The molecule has 1 aliphatic rings. The van der Waals surface area contributed by atoms with Gasteiger partial charge < -0.3 is 14.8 Å².